The van der Waals surface area contributed by atoms with Gasteiger partial charge < -0.3 is 10.1 Å². The van der Waals surface area contributed by atoms with Crippen LogP contribution in [0.3, 0.4) is 0 Å². The lowest BCUT2D eigenvalue weighted by Gasteiger charge is -2.32. The highest BCUT2D eigenvalue weighted by atomic mass is 35.5. The molecular weight excluding hydrogens is 363 g/mol. The molecule has 2 fully saturated rings. The molecule has 1 aliphatic carbocycles. The number of halogens is 2. The second-order valence-corrected chi connectivity index (χ2v) is 7.49. The average molecular weight is 385 g/mol. The summed E-state index contributed by atoms with van der Waals surface area (Å²) in [5.74, 6) is -0.00677. The van der Waals surface area contributed by atoms with Gasteiger partial charge in [-0.2, -0.15) is 0 Å². The quantitative estimate of drug-likeness (QED) is 0.803. The molecule has 2 aliphatic rings. The molecule has 3 atom stereocenters. The molecule has 7 heteroatoms. The van der Waals surface area contributed by atoms with E-state index in [1.54, 1.807) is 18.2 Å². The van der Waals surface area contributed by atoms with Gasteiger partial charge in [0.2, 0.25) is 5.91 Å². The Kier molecular flexibility index (Phi) is 5.87. The molecule has 0 aromatic heterocycles. The minimum Gasteiger partial charge on any atom is -0.468 e. The van der Waals surface area contributed by atoms with Crippen molar-refractivity contribution in [1.82, 2.24) is 4.90 Å². The van der Waals surface area contributed by atoms with Gasteiger partial charge in [-0.3, -0.25) is 14.5 Å². The SMILES string of the molecule is COC(=O)[C@@H]1C[C@H]2CCCC[C@H]2N1CC(=O)Nc1cccc(Cl)c1Cl. The Morgan fingerprint density at radius 3 is 2.80 bits per heavy atom. The van der Waals surface area contributed by atoms with E-state index in [1.165, 1.54) is 13.5 Å². The number of amides is 1. The molecule has 0 radical (unpaired) electrons. The summed E-state index contributed by atoms with van der Waals surface area (Å²) in [6, 6.07) is 5.02. The van der Waals surface area contributed by atoms with E-state index in [9.17, 15) is 9.59 Å². The van der Waals surface area contributed by atoms with Gasteiger partial charge in [-0.1, -0.05) is 42.1 Å². The van der Waals surface area contributed by atoms with Crippen molar-refractivity contribution in [2.45, 2.75) is 44.2 Å². The molecule has 1 aromatic rings. The van der Waals surface area contributed by atoms with Crippen molar-refractivity contribution in [3.05, 3.63) is 28.2 Å². The van der Waals surface area contributed by atoms with Crippen molar-refractivity contribution in [1.29, 1.82) is 0 Å². The summed E-state index contributed by atoms with van der Waals surface area (Å²) >= 11 is 12.1. The Morgan fingerprint density at radius 1 is 1.28 bits per heavy atom. The van der Waals surface area contributed by atoms with Gasteiger partial charge in [-0.05, 0) is 37.3 Å². The van der Waals surface area contributed by atoms with Gasteiger partial charge >= 0.3 is 5.97 Å². The van der Waals surface area contributed by atoms with Gasteiger partial charge in [-0.15, -0.1) is 0 Å². The molecule has 1 aromatic carbocycles. The Balaban J connectivity index is 1.72. The Hall–Kier alpha value is -1.30. The summed E-state index contributed by atoms with van der Waals surface area (Å²) in [6.07, 6.45) is 5.21. The molecule has 5 nitrogen and oxygen atoms in total. The minimum atomic E-state index is -0.348. The number of anilines is 1. The first-order valence-electron chi connectivity index (χ1n) is 8.58. The van der Waals surface area contributed by atoms with Crippen molar-refractivity contribution in [2.24, 2.45) is 5.92 Å². The van der Waals surface area contributed by atoms with Crippen LogP contribution in [0.5, 0.6) is 0 Å². The molecule has 25 heavy (non-hydrogen) atoms. The maximum atomic E-state index is 12.6. The van der Waals surface area contributed by atoms with E-state index in [4.69, 9.17) is 27.9 Å². The normalized spacial score (nSPS) is 26.1. The van der Waals surface area contributed by atoms with Crippen LogP contribution in [0.1, 0.15) is 32.1 Å². The highest BCUT2D eigenvalue weighted by Gasteiger charge is 2.46. The van der Waals surface area contributed by atoms with Crippen molar-refractivity contribution in [2.75, 3.05) is 19.0 Å². The molecule has 3 rings (SSSR count). The fourth-order valence-electron chi connectivity index (χ4n) is 4.10. The van der Waals surface area contributed by atoms with Crippen molar-refractivity contribution in [3.63, 3.8) is 0 Å². The third kappa shape index (κ3) is 3.94. The van der Waals surface area contributed by atoms with Gasteiger partial charge in [-0.25, -0.2) is 0 Å². The summed E-state index contributed by atoms with van der Waals surface area (Å²) in [5, 5.41) is 3.51. The van der Waals surface area contributed by atoms with Crippen molar-refractivity contribution < 1.29 is 14.3 Å². The van der Waals surface area contributed by atoms with E-state index in [-0.39, 0.29) is 30.5 Å². The lowest BCUT2D eigenvalue weighted by molar-refractivity contribution is -0.146. The molecule has 0 bridgehead atoms. The molecule has 0 spiro atoms. The molecule has 136 valence electrons. The lowest BCUT2D eigenvalue weighted by atomic mass is 9.85. The van der Waals surface area contributed by atoms with Gasteiger partial charge in [0, 0.05) is 6.04 Å². The van der Waals surface area contributed by atoms with Crippen LogP contribution in [0.2, 0.25) is 10.0 Å². The smallest absolute Gasteiger partial charge is 0.323 e. The molecule has 1 heterocycles. The van der Waals surface area contributed by atoms with Crippen LogP contribution in [0.25, 0.3) is 0 Å². The fourth-order valence-corrected chi connectivity index (χ4v) is 4.45. The molecule has 1 N–H and O–H groups in total. The van der Waals surface area contributed by atoms with E-state index < -0.39 is 0 Å². The molecule has 0 unspecified atom stereocenters. The maximum absolute atomic E-state index is 12.6. The monoisotopic (exact) mass is 384 g/mol. The van der Waals surface area contributed by atoms with Gasteiger partial charge in [0.05, 0.1) is 29.4 Å². The van der Waals surface area contributed by atoms with Gasteiger partial charge in [0.15, 0.2) is 0 Å². The van der Waals surface area contributed by atoms with E-state index >= 15 is 0 Å². The van der Waals surface area contributed by atoms with Crippen LogP contribution in [0.15, 0.2) is 18.2 Å². The maximum Gasteiger partial charge on any atom is 0.323 e. The number of fused-ring (bicyclic) bond motifs is 1. The predicted molar refractivity (Wildman–Crippen MR) is 98.0 cm³/mol. The average Bonchev–Trinajstić information content (AvgIpc) is 2.97. The van der Waals surface area contributed by atoms with Crippen molar-refractivity contribution in [3.8, 4) is 0 Å². The van der Waals surface area contributed by atoms with Crippen LogP contribution in [0, 0.1) is 5.92 Å². The number of nitrogens with one attached hydrogen (secondary N) is 1. The zero-order chi connectivity index (χ0) is 18.0. The topological polar surface area (TPSA) is 58.6 Å². The fraction of sp³-hybridized carbons (Fsp3) is 0.556. The number of carbonyl (C=O) groups excluding carboxylic acids is 2. The molecule has 1 amide bonds. The third-order valence-corrected chi connectivity index (χ3v) is 6.07. The zero-order valence-electron chi connectivity index (χ0n) is 14.1. The van der Waals surface area contributed by atoms with E-state index in [2.05, 4.69) is 5.32 Å². The largest absolute Gasteiger partial charge is 0.468 e. The van der Waals surface area contributed by atoms with Crippen molar-refractivity contribution >= 4 is 40.8 Å². The lowest BCUT2D eigenvalue weighted by Crippen LogP contribution is -2.46. The summed E-state index contributed by atoms with van der Waals surface area (Å²) in [5.41, 5.74) is 0.480. The van der Waals surface area contributed by atoms with Crippen LogP contribution in [0.4, 0.5) is 5.69 Å². The highest BCUT2D eigenvalue weighted by Crippen LogP contribution is 2.40. The van der Waals surface area contributed by atoms with Crippen LogP contribution in [-0.2, 0) is 14.3 Å². The predicted octanol–water partition coefficient (Wildman–Crippen LogP) is 3.74. The van der Waals surface area contributed by atoms with E-state index in [0.29, 0.717) is 21.7 Å². The second kappa shape index (κ2) is 7.94. The summed E-state index contributed by atoms with van der Waals surface area (Å²) in [4.78, 5) is 26.7. The first-order chi connectivity index (χ1) is 12.0. The first kappa shape index (κ1) is 18.5. The molecule has 1 saturated heterocycles. The second-order valence-electron chi connectivity index (χ2n) is 6.71. The summed E-state index contributed by atoms with van der Waals surface area (Å²) in [7, 11) is 1.40. The Morgan fingerprint density at radius 2 is 2.04 bits per heavy atom. The number of nitrogens with zero attached hydrogens (tertiary/aromatic N) is 1. The zero-order valence-corrected chi connectivity index (χ0v) is 15.6. The van der Waals surface area contributed by atoms with Crippen LogP contribution >= 0.6 is 23.2 Å². The number of hydrogen-bond donors (Lipinski definition) is 1. The van der Waals surface area contributed by atoms with Crippen LogP contribution in [-0.4, -0.2) is 42.5 Å². The Bertz CT molecular complexity index is 668. The number of rotatable bonds is 4. The highest BCUT2D eigenvalue weighted by molar-refractivity contribution is 6.44. The minimum absolute atomic E-state index is 0.143. The number of hydrogen-bond acceptors (Lipinski definition) is 4. The molecule has 1 saturated carbocycles. The van der Waals surface area contributed by atoms with Gasteiger partial charge in [0.25, 0.3) is 0 Å². The van der Waals surface area contributed by atoms with Crippen LogP contribution < -0.4 is 5.32 Å². The van der Waals surface area contributed by atoms with E-state index in [1.807, 2.05) is 4.90 Å². The summed E-state index contributed by atoms with van der Waals surface area (Å²) in [6.45, 7) is 0.143. The third-order valence-electron chi connectivity index (χ3n) is 5.25. The number of methoxy groups -OCH3 is 1. The molecular formula is C18H22Cl2N2O3. The summed E-state index contributed by atoms with van der Waals surface area (Å²) < 4.78 is 4.95. The molecule has 1 aliphatic heterocycles. The van der Waals surface area contributed by atoms with Gasteiger partial charge in [0.1, 0.15) is 6.04 Å². The number of likely N-dealkylation sites (tertiary alicyclic amines) is 1. The number of esters is 1. The number of ether oxygens (including phenoxy) is 1. The first-order valence-corrected chi connectivity index (χ1v) is 9.34. The van der Waals surface area contributed by atoms with E-state index in [0.717, 1.165) is 25.7 Å². The standard InChI is InChI=1S/C18H22Cl2N2O3/c1-25-18(24)15-9-11-5-2-3-8-14(11)22(15)10-16(23)21-13-7-4-6-12(19)17(13)20/h4,6-7,11,14-15H,2-3,5,8-10H2,1H3,(H,21,23)/t11-,14-,15+/m1/s1. The number of benzene rings is 1. The Labute approximate surface area is 157 Å². The number of carbonyl (C=O) groups is 2.